The number of thiophene rings is 1. The van der Waals surface area contributed by atoms with Crippen molar-refractivity contribution in [1.29, 1.82) is 0 Å². The van der Waals surface area contributed by atoms with Gasteiger partial charge in [0.15, 0.2) is 5.76 Å². The number of nitrogens with one attached hydrogen (secondary N) is 1. The first-order chi connectivity index (χ1) is 10.0. The molecule has 6 heteroatoms. The molecule has 0 bridgehead atoms. The first-order valence-electron chi connectivity index (χ1n) is 7.09. The topological polar surface area (TPSA) is 41.3 Å². The van der Waals surface area contributed by atoms with Crippen LogP contribution in [0.2, 0.25) is 0 Å². The van der Waals surface area contributed by atoms with Crippen molar-refractivity contribution in [2.45, 2.75) is 33.5 Å². The SMILES string of the molecule is CC(C)CNCc1cc(CN(C)Cc2csc(Br)c2)on1. The van der Waals surface area contributed by atoms with E-state index >= 15 is 0 Å². The van der Waals surface area contributed by atoms with Gasteiger partial charge >= 0.3 is 0 Å². The third-order valence-electron chi connectivity index (χ3n) is 2.97. The highest BCUT2D eigenvalue weighted by Crippen LogP contribution is 2.21. The second-order valence-electron chi connectivity index (χ2n) is 5.74. The lowest BCUT2D eigenvalue weighted by Crippen LogP contribution is -2.19. The highest BCUT2D eigenvalue weighted by molar-refractivity contribution is 9.11. The molecule has 0 radical (unpaired) electrons. The van der Waals surface area contributed by atoms with Gasteiger partial charge in [-0.15, -0.1) is 11.3 Å². The Kier molecular flexibility index (Phi) is 6.41. The van der Waals surface area contributed by atoms with Gasteiger partial charge in [0.05, 0.1) is 16.0 Å². The van der Waals surface area contributed by atoms with Gasteiger partial charge in [-0.05, 0) is 52.5 Å². The molecule has 4 nitrogen and oxygen atoms in total. The van der Waals surface area contributed by atoms with Crippen LogP contribution in [0.15, 0.2) is 25.8 Å². The van der Waals surface area contributed by atoms with Gasteiger partial charge in [0.2, 0.25) is 0 Å². The Morgan fingerprint density at radius 2 is 2.19 bits per heavy atom. The summed E-state index contributed by atoms with van der Waals surface area (Å²) in [6.07, 6.45) is 0. The van der Waals surface area contributed by atoms with E-state index in [1.165, 1.54) is 9.35 Å². The average molecular weight is 372 g/mol. The molecular weight excluding hydrogens is 350 g/mol. The molecule has 0 unspecified atom stereocenters. The Balaban J connectivity index is 1.78. The van der Waals surface area contributed by atoms with Gasteiger partial charge in [-0.25, -0.2) is 0 Å². The molecule has 0 aliphatic carbocycles. The van der Waals surface area contributed by atoms with E-state index in [1.807, 2.05) is 6.07 Å². The van der Waals surface area contributed by atoms with E-state index in [1.54, 1.807) is 11.3 Å². The second kappa shape index (κ2) is 8.08. The lowest BCUT2D eigenvalue weighted by molar-refractivity contribution is 0.265. The normalized spacial score (nSPS) is 11.7. The molecule has 21 heavy (non-hydrogen) atoms. The molecule has 1 N–H and O–H groups in total. The number of nitrogens with zero attached hydrogens (tertiary/aromatic N) is 2. The van der Waals surface area contributed by atoms with E-state index in [0.717, 1.165) is 37.6 Å². The van der Waals surface area contributed by atoms with Crippen LogP contribution >= 0.6 is 27.3 Å². The van der Waals surface area contributed by atoms with Crippen molar-refractivity contribution in [3.05, 3.63) is 38.3 Å². The van der Waals surface area contributed by atoms with Crippen molar-refractivity contribution < 1.29 is 4.52 Å². The Morgan fingerprint density at radius 3 is 2.86 bits per heavy atom. The summed E-state index contributed by atoms with van der Waals surface area (Å²) < 4.78 is 6.57. The molecule has 0 aromatic carbocycles. The quantitative estimate of drug-likeness (QED) is 0.764. The fraction of sp³-hybridized carbons (Fsp3) is 0.533. The third-order valence-corrected chi connectivity index (χ3v) is 4.52. The zero-order valence-electron chi connectivity index (χ0n) is 12.7. The van der Waals surface area contributed by atoms with E-state index in [4.69, 9.17) is 4.52 Å². The highest BCUT2D eigenvalue weighted by Gasteiger charge is 2.09. The molecule has 0 aliphatic heterocycles. The van der Waals surface area contributed by atoms with E-state index in [2.05, 4.69) is 63.6 Å². The Labute approximate surface area is 138 Å². The maximum atomic E-state index is 5.40. The van der Waals surface area contributed by atoms with Crippen LogP contribution in [0.1, 0.15) is 30.9 Å². The Hall–Kier alpha value is -0.690. The van der Waals surface area contributed by atoms with E-state index in [-0.39, 0.29) is 0 Å². The zero-order chi connectivity index (χ0) is 15.2. The minimum Gasteiger partial charge on any atom is -0.360 e. The van der Waals surface area contributed by atoms with Gasteiger partial charge in [0, 0.05) is 19.2 Å². The minimum atomic E-state index is 0.646. The van der Waals surface area contributed by atoms with Crippen molar-refractivity contribution in [2.24, 2.45) is 5.92 Å². The van der Waals surface area contributed by atoms with Crippen LogP contribution in [-0.2, 0) is 19.6 Å². The highest BCUT2D eigenvalue weighted by atomic mass is 79.9. The monoisotopic (exact) mass is 371 g/mol. The van der Waals surface area contributed by atoms with E-state index in [0.29, 0.717) is 5.92 Å². The second-order valence-corrected chi connectivity index (χ2v) is 8.03. The maximum Gasteiger partial charge on any atom is 0.151 e. The lowest BCUT2D eigenvalue weighted by Gasteiger charge is -2.13. The van der Waals surface area contributed by atoms with Crippen LogP contribution in [0.5, 0.6) is 0 Å². The molecule has 2 aromatic rings. The average Bonchev–Trinajstić information content (AvgIpc) is 2.98. The van der Waals surface area contributed by atoms with Crippen LogP contribution in [0, 0.1) is 5.92 Å². The van der Waals surface area contributed by atoms with E-state index in [9.17, 15) is 0 Å². The molecule has 0 saturated carbocycles. The maximum absolute atomic E-state index is 5.40. The molecular formula is C15H22BrN3OS. The molecule has 2 rings (SSSR count). The molecule has 0 atom stereocenters. The molecule has 116 valence electrons. The van der Waals surface area contributed by atoms with E-state index < -0.39 is 0 Å². The first-order valence-corrected chi connectivity index (χ1v) is 8.77. The summed E-state index contributed by atoms with van der Waals surface area (Å²) in [5, 5.41) is 9.65. The molecule has 0 saturated heterocycles. The van der Waals surface area contributed by atoms with Gasteiger partial charge in [0.1, 0.15) is 0 Å². The van der Waals surface area contributed by atoms with Crippen LogP contribution in [0.25, 0.3) is 0 Å². The molecule has 2 heterocycles. The van der Waals surface area contributed by atoms with Crippen molar-refractivity contribution in [3.8, 4) is 0 Å². The summed E-state index contributed by atoms with van der Waals surface area (Å²) >= 11 is 5.20. The summed E-state index contributed by atoms with van der Waals surface area (Å²) in [5.74, 6) is 1.56. The number of rotatable bonds is 8. The summed E-state index contributed by atoms with van der Waals surface area (Å²) in [7, 11) is 2.09. The molecule has 0 fully saturated rings. The van der Waals surface area contributed by atoms with Crippen molar-refractivity contribution in [2.75, 3.05) is 13.6 Å². The molecule has 0 spiro atoms. The van der Waals surface area contributed by atoms with Crippen LogP contribution in [0.4, 0.5) is 0 Å². The number of hydrogen-bond acceptors (Lipinski definition) is 5. The Morgan fingerprint density at radius 1 is 1.38 bits per heavy atom. The van der Waals surface area contributed by atoms with Crippen LogP contribution in [0.3, 0.4) is 0 Å². The minimum absolute atomic E-state index is 0.646. The van der Waals surface area contributed by atoms with Gasteiger partial charge in [-0.1, -0.05) is 19.0 Å². The predicted molar refractivity (Wildman–Crippen MR) is 90.2 cm³/mol. The lowest BCUT2D eigenvalue weighted by atomic mass is 10.2. The fourth-order valence-electron chi connectivity index (χ4n) is 2.06. The number of aromatic nitrogens is 1. The van der Waals surface area contributed by atoms with Crippen molar-refractivity contribution >= 4 is 27.3 Å². The Bertz CT molecular complexity index is 553. The first kappa shape index (κ1) is 16.7. The van der Waals surface area contributed by atoms with Gasteiger partial charge in [-0.2, -0.15) is 0 Å². The van der Waals surface area contributed by atoms with Crippen molar-refractivity contribution in [3.63, 3.8) is 0 Å². The van der Waals surface area contributed by atoms with Gasteiger partial charge in [-0.3, -0.25) is 4.90 Å². The van der Waals surface area contributed by atoms with Gasteiger partial charge in [0.25, 0.3) is 0 Å². The molecule has 2 aromatic heterocycles. The van der Waals surface area contributed by atoms with Crippen LogP contribution in [-0.4, -0.2) is 23.6 Å². The van der Waals surface area contributed by atoms with Crippen LogP contribution < -0.4 is 5.32 Å². The third kappa shape index (κ3) is 5.90. The largest absolute Gasteiger partial charge is 0.360 e. The summed E-state index contributed by atoms with van der Waals surface area (Å²) in [5.41, 5.74) is 2.28. The fourth-order valence-corrected chi connectivity index (χ4v) is 3.27. The smallest absolute Gasteiger partial charge is 0.151 e. The van der Waals surface area contributed by atoms with Gasteiger partial charge < -0.3 is 9.84 Å². The predicted octanol–water partition coefficient (Wildman–Crippen LogP) is 3.88. The molecule has 0 aliphatic rings. The standard InChI is InChI=1S/C15H22BrN3OS/c1-11(2)6-17-7-13-5-14(20-18-13)9-19(3)8-12-4-15(16)21-10-12/h4-5,10-11,17H,6-9H2,1-3H3. The summed E-state index contributed by atoms with van der Waals surface area (Å²) in [4.78, 5) is 2.22. The number of halogens is 1. The zero-order valence-corrected chi connectivity index (χ0v) is 15.1. The summed E-state index contributed by atoms with van der Waals surface area (Å²) in [6.45, 7) is 7.82. The van der Waals surface area contributed by atoms with Crippen molar-refractivity contribution in [1.82, 2.24) is 15.4 Å². The summed E-state index contributed by atoms with van der Waals surface area (Å²) in [6, 6.07) is 4.19. The number of hydrogen-bond donors (Lipinski definition) is 1. The molecule has 0 amide bonds.